The minimum absolute atomic E-state index is 0.0135. The summed E-state index contributed by atoms with van der Waals surface area (Å²) >= 11 is 1.69. The lowest BCUT2D eigenvalue weighted by molar-refractivity contribution is -0.115. The van der Waals surface area contributed by atoms with E-state index in [0.717, 1.165) is 36.3 Å². The second-order valence-corrected chi connectivity index (χ2v) is 6.42. The van der Waals surface area contributed by atoms with Gasteiger partial charge in [0.15, 0.2) is 0 Å². The Morgan fingerprint density at radius 2 is 2.14 bits per heavy atom. The molecule has 110 valence electrons. The maximum atomic E-state index is 11.9. The number of fused-ring (bicyclic) bond motifs is 1. The fourth-order valence-electron chi connectivity index (χ4n) is 2.41. The van der Waals surface area contributed by atoms with Crippen LogP contribution in [0.15, 0.2) is 33.7 Å². The van der Waals surface area contributed by atoms with E-state index in [9.17, 15) is 4.79 Å². The van der Waals surface area contributed by atoms with Crippen molar-refractivity contribution in [2.24, 2.45) is 0 Å². The van der Waals surface area contributed by atoms with Crippen molar-refractivity contribution in [1.82, 2.24) is 5.16 Å². The predicted molar refractivity (Wildman–Crippen MR) is 83.7 cm³/mol. The minimum atomic E-state index is -0.0135. The Labute approximate surface area is 128 Å². The second kappa shape index (κ2) is 6.35. The molecule has 1 N–H and O–H groups in total. The Morgan fingerprint density at radius 3 is 2.95 bits per heavy atom. The molecular formula is C16H18N2O2S. The first-order chi connectivity index (χ1) is 10.2. The number of nitrogens with one attached hydrogen (secondary N) is 1. The Kier molecular flexibility index (Phi) is 4.29. The van der Waals surface area contributed by atoms with Crippen LogP contribution in [0.3, 0.4) is 0 Å². The summed E-state index contributed by atoms with van der Waals surface area (Å²) in [5, 5.41) is 6.83. The SMILES string of the molecule is Cc1ccc(SCCC(=O)Nc2onc3c2CCC3)cc1. The molecule has 2 aromatic rings. The predicted octanol–water partition coefficient (Wildman–Crippen LogP) is 3.59. The highest BCUT2D eigenvalue weighted by atomic mass is 32.2. The molecule has 1 aromatic carbocycles. The van der Waals surface area contributed by atoms with E-state index in [1.807, 2.05) is 0 Å². The van der Waals surface area contributed by atoms with Crippen molar-refractivity contribution in [3.05, 3.63) is 41.1 Å². The third-order valence-corrected chi connectivity index (χ3v) is 4.60. The first kappa shape index (κ1) is 14.2. The number of anilines is 1. The van der Waals surface area contributed by atoms with Crippen LogP contribution in [-0.4, -0.2) is 16.8 Å². The molecule has 3 rings (SSSR count). The number of carbonyl (C=O) groups excluding carboxylic acids is 1. The smallest absolute Gasteiger partial charge is 0.234 e. The fraction of sp³-hybridized carbons (Fsp3) is 0.375. The lowest BCUT2D eigenvalue weighted by Crippen LogP contribution is -2.12. The Bertz CT molecular complexity index is 634. The molecule has 0 fully saturated rings. The van der Waals surface area contributed by atoms with Crippen molar-refractivity contribution in [1.29, 1.82) is 0 Å². The van der Waals surface area contributed by atoms with Gasteiger partial charge in [-0.2, -0.15) is 0 Å². The molecule has 1 aromatic heterocycles. The quantitative estimate of drug-likeness (QED) is 0.858. The van der Waals surface area contributed by atoms with E-state index in [4.69, 9.17) is 4.52 Å². The molecule has 0 saturated carbocycles. The normalized spacial score (nSPS) is 13.2. The van der Waals surface area contributed by atoms with E-state index in [0.29, 0.717) is 12.3 Å². The van der Waals surface area contributed by atoms with Gasteiger partial charge in [0, 0.05) is 22.6 Å². The van der Waals surface area contributed by atoms with Gasteiger partial charge in [-0.05, 0) is 38.3 Å². The largest absolute Gasteiger partial charge is 0.338 e. The van der Waals surface area contributed by atoms with Crippen molar-refractivity contribution in [2.45, 2.75) is 37.5 Å². The second-order valence-electron chi connectivity index (χ2n) is 5.25. The zero-order valence-corrected chi connectivity index (χ0v) is 12.8. The van der Waals surface area contributed by atoms with Gasteiger partial charge < -0.3 is 4.52 Å². The molecule has 1 aliphatic rings. The highest BCUT2D eigenvalue weighted by Gasteiger charge is 2.21. The summed E-state index contributed by atoms with van der Waals surface area (Å²) in [6.45, 7) is 2.07. The van der Waals surface area contributed by atoms with Crippen LogP contribution in [0, 0.1) is 6.92 Å². The van der Waals surface area contributed by atoms with Crippen LogP contribution in [0.25, 0.3) is 0 Å². The van der Waals surface area contributed by atoms with Crippen molar-refractivity contribution in [2.75, 3.05) is 11.1 Å². The summed E-state index contributed by atoms with van der Waals surface area (Å²) in [5.41, 5.74) is 3.32. The van der Waals surface area contributed by atoms with E-state index in [1.165, 1.54) is 10.5 Å². The molecule has 1 aliphatic carbocycles. The van der Waals surface area contributed by atoms with Gasteiger partial charge in [-0.1, -0.05) is 22.9 Å². The Hall–Kier alpha value is -1.75. The van der Waals surface area contributed by atoms with Crippen LogP contribution in [0.2, 0.25) is 0 Å². The number of thioether (sulfide) groups is 1. The number of carbonyl (C=O) groups is 1. The summed E-state index contributed by atoms with van der Waals surface area (Å²) in [6, 6.07) is 8.34. The standard InChI is InChI=1S/C16H18N2O2S/c1-11-5-7-12(8-6-11)21-10-9-15(19)17-16-13-3-2-4-14(13)18-20-16/h5-8H,2-4,9-10H2,1H3,(H,17,19). The number of aryl methyl sites for hydroxylation is 2. The van der Waals surface area contributed by atoms with Gasteiger partial charge in [-0.3, -0.25) is 10.1 Å². The molecule has 21 heavy (non-hydrogen) atoms. The summed E-state index contributed by atoms with van der Waals surface area (Å²) in [6.07, 6.45) is 3.47. The average molecular weight is 302 g/mol. The first-order valence-electron chi connectivity index (χ1n) is 7.19. The minimum Gasteiger partial charge on any atom is -0.338 e. The van der Waals surface area contributed by atoms with Gasteiger partial charge in [0.2, 0.25) is 11.8 Å². The maximum Gasteiger partial charge on any atom is 0.234 e. The lowest BCUT2D eigenvalue weighted by atomic mass is 10.2. The van der Waals surface area contributed by atoms with Crippen molar-refractivity contribution in [3.63, 3.8) is 0 Å². The van der Waals surface area contributed by atoms with Crippen LogP contribution in [0.1, 0.15) is 29.7 Å². The molecule has 0 aliphatic heterocycles. The number of benzene rings is 1. The zero-order valence-electron chi connectivity index (χ0n) is 12.0. The number of amides is 1. The number of nitrogens with zero attached hydrogens (tertiary/aromatic N) is 1. The number of hydrogen-bond acceptors (Lipinski definition) is 4. The van der Waals surface area contributed by atoms with Crippen molar-refractivity contribution in [3.8, 4) is 0 Å². The molecule has 0 spiro atoms. The average Bonchev–Trinajstić information content (AvgIpc) is 3.06. The van der Waals surface area contributed by atoms with Crippen LogP contribution in [-0.2, 0) is 17.6 Å². The van der Waals surface area contributed by atoms with Crippen LogP contribution in [0.4, 0.5) is 5.88 Å². The van der Waals surface area contributed by atoms with Crippen LogP contribution >= 0.6 is 11.8 Å². The molecular weight excluding hydrogens is 284 g/mol. The van der Waals surface area contributed by atoms with Crippen molar-refractivity contribution < 1.29 is 9.32 Å². The number of aromatic nitrogens is 1. The number of rotatable bonds is 5. The Balaban J connectivity index is 1.47. The van der Waals surface area contributed by atoms with Crippen LogP contribution in [0.5, 0.6) is 0 Å². The van der Waals surface area contributed by atoms with Crippen LogP contribution < -0.4 is 5.32 Å². The van der Waals surface area contributed by atoms with Gasteiger partial charge in [-0.15, -0.1) is 11.8 Å². The first-order valence-corrected chi connectivity index (χ1v) is 8.17. The molecule has 1 heterocycles. The molecule has 0 atom stereocenters. The van der Waals surface area contributed by atoms with Gasteiger partial charge in [0.1, 0.15) is 0 Å². The molecule has 0 unspecified atom stereocenters. The van der Waals surface area contributed by atoms with Gasteiger partial charge in [-0.25, -0.2) is 0 Å². The van der Waals surface area contributed by atoms with E-state index < -0.39 is 0 Å². The summed E-state index contributed by atoms with van der Waals surface area (Å²) in [7, 11) is 0. The zero-order chi connectivity index (χ0) is 14.7. The molecule has 1 amide bonds. The monoisotopic (exact) mass is 302 g/mol. The summed E-state index contributed by atoms with van der Waals surface area (Å²) in [4.78, 5) is 13.1. The molecule has 4 nitrogen and oxygen atoms in total. The third kappa shape index (κ3) is 3.47. The fourth-order valence-corrected chi connectivity index (χ4v) is 3.26. The molecule has 0 saturated heterocycles. The van der Waals surface area contributed by atoms with Gasteiger partial charge in [0.05, 0.1) is 5.69 Å². The summed E-state index contributed by atoms with van der Waals surface area (Å²) in [5.74, 6) is 1.29. The third-order valence-electron chi connectivity index (χ3n) is 3.58. The molecule has 5 heteroatoms. The van der Waals surface area contributed by atoms with Gasteiger partial charge >= 0.3 is 0 Å². The van der Waals surface area contributed by atoms with Gasteiger partial charge in [0.25, 0.3) is 0 Å². The molecule has 0 radical (unpaired) electrons. The highest BCUT2D eigenvalue weighted by molar-refractivity contribution is 7.99. The molecule has 0 bridgehead atoms. The van der Waals surface area contributed by atoms with E-state index in [2.05, 4.69) is 41.7 Å². The lowest BCUT2D eigenvalue weighted by Gasteiger charge is -2.03. The Morgan fingerprint density at radius 1 is 1.33 bits per heavy atom. The van der Waals surface area contributed by atoms with E-state index >= 15 is 0 Å². The summed E-state index contributed by atoms with van der Waals surface area (Å²) < 4.78 is 5.20. The topological polar surface area (TPSA) is 55.1 Å². The number of hydrogen-bond donors (Lipinski definition) is 1. The van der Waals surface area contributed by atoms with E-state index in [-0.39, 0.29) is 5.91 Å². The maximum absolute atomic E-state index is 11.9. The highest BCUT2D eigenvalue weighted by Crippen LogP contribution is 2.28. The van der Waals surface area contributed by atoms with E-state index in [1.54, 1.807) is 11.8 Å². The van der Waals surface area contributed by atoms with Crippen molar-refractivity contribution >= 4 is 23.6 Å².